The highest BCUT2D eigenvalue weighted by atomic mass is 35.5. The molecule has 4 aromatic rings. The van der Waals surface area contributed by atoms with Gasteiger partial charge >= 0.3 is 0 Å². The molecule has 0 aliphatic rings. The first-order chi connectivity index (χ1) is 12.7. The lowest BCUT2D eigenvalue weighted by Gasteiger charge is -2.12. The van der Waals surface area contributed by atoms with Crippen molar-refractivity contribution in [2.75, 3.05) is 12.4 Å². The number of methoxy groups -OCH3 is 1. The SMILES string of the molecule is COc1cccc(Nc2nc(-c3ccccc3Cl)nc3ccccc23)c1. The van der Waals surface area contributed by atoms with Crippen LogP contribution in [-0.2, 0) is 0 Å². The zero-order chi connectivity index (χ0) is 17.9. The normalized spacial score (nSPS) is 10.7. The van der Waals surface area contributed by atoms with E-state index in [0.29, 0.717) is 10.8 Å². The Morgan fingerprint density at radius 1 is 0.885 bits per heavy atom. The Balaban J connectivity index is 1.86. The molecule has 0 aliphatic heterocycles. The Morgan fingerprint density at radius 2 is 1.69 bits per heavy atom. The number of hydrogen-bond donors (Lipinski definition) is 1. The van der Waals surface area contributed by atoms with Gasteiger partial charge in [0.2, 0.25) is 0 Å². The van der Waals surface area contributed by atoms with Gasteiger partial charge in [0.05, 0.1) is 17.6 Å². The Labute approximate surface area is 156 Å². The molecule has 0 atom stereocenters. The minimum absolute atomic E-state index is 0.583. The van der Waals surface area contributed by atoms with Crippen molar-refractivity contribution < 1.29 is 4.74 Å². The van der Waals surface area contributed by atoms with Crippen molar-refractivity contribution in [1.82, 2.24) is 9.97 Å². The molecule has 4 rings (SSSR count). The average molecular weight is 362 g/mol. The minimum atomic E-state index is 0.583. The monoisotopic (exact) mass is 361 g/mol. The summed E-state index contributed by atoms with van der Waals surface area (Å²) in [6.45, 7) is 0. The molecule has 5 heteroatoms. The summed E-state index contributed by atoms with van der Waals surface area (Å²) in [6.07, 6.45) is 0. The summed E-state index contributed by atoms with van der Waals surface area (Å²) in [5, 5.41) is 4.93. The van der Waals surface area contributed by atoms with Gasteiger partial charge in [-0.2, -0.15) is 0 Å². The van der Waals surface area contributed by atoms with E-state index in [-0.39, 0.29) is 0 Å². The molecule has 128 valence electrons. The Morgan fingerprint density at radius 3 is 2.54 bits per heavy atom. The molecular formula is C21H16ClN3O. The lowest BCUT2D eigenvalue weighted by atomic mass is 10.1. The number of aromatic nitrogens is 2. The maximum atomic E-state index is 6.35. The minimum Gasteiger partial charge on any atom is -0.497 e. The van der Waals surface area contributed by atoms with E-state index >= 15 is 0 Å². The van der Waals surface area contributed by atoms with Crippen molar-refractivity contribution in [3.63, 3.8) is 0 Å². The molecule has 0 saturated heterocycles. The molecule has 1 N–H and O–H groups in total. The van der Waals surface area contributed by atoms with E-state index in [1.807, 2.05) is 72.8 Å². The quantitative estimate of drug-likeness (QED) is 0.506. The number of benzene rings is 3. The number of fused-ring (bicyclic) bond motifs is 1. The Hall–Kier alpha value is -3.11. The summed E-state index contributed by atoms with van der Waals surface area (Å²) >= 11 is 6.35. The van der Waals surface area contributed by atoms with E-state index in [1.54, 1.807) is 7.11 Å². The predicted octanol–water partition coefficient (Wildman–Crippen LogP) is 5.70. The number of halogens is 1. The first-order valence-electron chi connectivity index (χ1n) is 8.17. The maximum absolute atomic E-state index is 6.35. The summed E-state index contributed by atoms with van der Waals surface area (Å²) in [6, 6.07) is 23.2. The van der Waals surface area contributed by atoms with Crippen molar-refractivity contribution in [1.29, 1.82) is 0 Å². The topological polar surface area (TPSA) is 47.0 Å². The van der Waals surface area contributed by atoms with Crippen LogP contribution in [0.25, 0.3) is 22.3 Å². The molecule has 0 spiro atoms. The number of nitrogens with zero attached hydrogens (tertiary/aromatic N) is 2. The number of rotatable bonds is 4. The second kappa shape index (κ2) is 7.02. The van der Waals surface area contributed by atoms with Crippen LogP contribution in [0.15, 0.2) is 72.8 Å². The summed E-state index contributed by atoms with van der Waals surface area (Å²) in [7, 11) is 1.65. The van der Waals surface area contributed by atoms with Gasteiger partial charge in [0.15, 0.2) is 5.82 Å². The summed E-state index contributed by atoms with van der Waals surface area (Å²) in [5.41, 5.74) is 2.54. The van der Waals surface area contributed by atoms with Gasteiger partial charge in [-0.3, -0.25) is 0 Å². The lowest BCUT2D eigenvalue weighted by Crippen LogP contribution is -2.00. The van der Waals surface area contributed by atoms with Crippen LogP contribution in [0.5, 0.6) is 5.75 Å². The van der Waals surface area contributed by atoms with Crippen molar-refractivity contribution >= 4 is 34.0 Å². The van der Waals surface area contributed by atoms with Gasteiger partial charge in [-0.15, -0.1) is 0 Å². The van der Waals surface area contributed by atoms with E-state index in [4.69, 9.17) is 21.3 Å². The number of anilines is 2. The van der Waals surface area contributed by atoms with Crippen molar-refractivity contribution in [2.45, 2.75) is 0 Å². The molecule has 0 saturated carbocycles. The molecular weight excluding hydrogens is 346 g/mol. The Bertz CT molecular complexity index is 1080. The third-order valence-electron chi connectivity index (χ3n) is 4.05. The fourth-order valence-corrected chi connectivity index (χ4v) is 2.99. The highest BCUT2D eigenvalue weighted by Gasteiger charge is 2.12. The summed E-state index contributed by atoms with van der Waals surface area (Å²) in [5.74, 6) is 2.08. The highest BCUT2D eigenvalue weighted by Crippen LogP contribution is 2.31. The van der Waals surface area contributed by atoms with Crippen molar-refractivity contribution in [2.24, 2.45) is 0 Å². The van der Waals surface area contributed by atoms with E-state index in [0.717, 1.165) is 33.7 Å². The molecule has 1 aromatic heterocycles. The van der Waals surface area contributed by atoms with Gasteiger partial charge in [0.1, 0.15) is 11.6 Å². The van der Waals surface area contributed by atoms with E-state index in [1.165, 1.54) is 0 Å². The largest absolute Gasteiger partial charge is 0.497 e. The number of nitrogens with one attached hydrogen (secondary N) is 1. The first-order valence-corrected chi connectivity index (χ1v) is 8.55. The molecule has 0 amide bonds. The van der Waals surface area contributed by atoms with Gasteiger partial charge in [-0.1, -0.05) is 41.9 Å². The van der Waals surface area contributed by atoms with Crippen LogP contribution in [0.4, 0.5) is 11.5 Å². The van der Waals surface area contributed by atoms with Crippen molar-refractivity contribution in [3.05, 3.63) is 77.8 Å². The molecule has 1 heterocycles. The fraction of sp³-hybridized carbons (Fsp3) is 0.0476. The van der Waals surface area contributed by atoms with Gasteiger partial charge in [0.25, 0.3) is 0 Å². The average Bonchev–Trinajstić information content (AvgIpc) is 2.68. The highest BCUT2D eigenvalue weighted by molar-refractivity contribution is 6.33. The first kappa shape index (κ1) is 16.4. The van der Waals surface area contributed by atoms with Gasteiger partial charge in [-0.25, -0.2) is 9.97 Å². The van der Waals surface area contributed by atoms with E-state index < -0.39 is 0 Å². The lowest BCUT2D eigenvalue weighted by molar-refractivity contribution is 0.415. The number of hydrogen-bond acceptors (Lipinski definition) is 4. The summed E-state index contributed by atoms with van der Waals surface area (Å²) in [4.78, 5) is 9.42. The van der Waals surface area contributed by atoms with Gasteiger partial charge < -0.3 is 10.1 Å². The summed E-state index contributed by atoms with van der Waals surface area (Å²) < 4.78 is 5.30. The molecule has 3 aromatic carbocycles. The molecule has 0 unspecified atom stereocenters. The van der Waals surface area contributed by atoms with E-state index in [2.05, 4.69) is 10.3 Å². The molecule has 0 fully saturated rings. The van der Waals surface area contributed by atoms with Crippen LogP contribution in [0.2, 0.25) is 5.02 Å². The molecule has 26 heavy (non-hydrogen) atoms. The maximum Gasteiger partial charge on any atom is 0.163 e. The third kappa shape index (κ3) is 3.19. The smallest absolute Gasteiger partial charge is 0.163 e. The molecule has 0 aliphatic carbocycles. The second-order valence-corrected chi connectivity index (χ2v) is 6.16. The molecule has 0 bridgehead atoms. The van der Waals surface area contributed by atoms with Crippen LogP contribution in [-0.4, -0.2) is 17.1 Å². The van der Waals surface area contributed by atoms with E-state index in [9.17, 15) is 0 Å². The van der Waals surface area contributed by atoms with Crippen LogP contribution in [0.3, 0.4) is 0 Å². The zero-order valence-corrected chi connectivity index (χ0v) is 14.9. The molecule has 0 radical (unpaired) electrons. The van der Waals surface area contributed by atoms with Gasteiger partial charge in [0, 0.05) is 22.7 Å². The van der Waals surface area contributed by atoms with Crippen molar-refractivity contribution in [3.8, 4) is 17.1 Å². The zero-order valence-electron chi connectivity index (χ0n) is 14.1. The predicted molar refractivity (Wildman–Crippen MR) is 106 cm³/mol. The standard InChI is InChI=1S/C21H16ClN3O/c1-26-15-8-6-7-14(13-15)23-21-17-10-3-5-12-19(17)24-20(25-21)16-9-2-4-11-18(16)22/h2-13H,1H3,(H,23,24,25). The number of ether oxygens (including phenoxy) is 1. The fourth-order valence-electron chi connectivity index (χ4n) is 2.77. The van der Waals surface area contributed by atoms with Crippen LogP contribution < -0.4 is 10.1 Å². The third-order valence-corrected chi connectivity index (χ3v) is 4.38. The Kier molecular flexibility index (Phi) is 4.42. The van der Waals surface area contributed by atoms with Crippen LogP contribution >= 0.6 is 11.6 Å². The number of para-hydroxylation sites is 1. The molecule has 4 nitrogen and oxygen atoms in total. The second-order valence-electron chi connectivity index (χ2n) is 5.75. The van der Waals surface area contributed by atoms with Crippen LogP contribution in [0.1, 0.15) is 0 Å². The van der Waals surface area contributed by atoms with Crippen LogP contribution in [0, 0.1) is 0 Å². The van der Waals surface area contributed by atoms with Gasteiger partial charge in [-0.05, 0) is 36.4 Å².